The number of benzene rings is 17. The van der Waals surface area contributed by atoms with Crippen molar-refractivity contribution in [2.75, 3.05) is 0 Å². The van der Waals surface area contributed by atoms with E-state index in [2.05, 4.69) is 491 Å². The molecule has 664 valence electrons. The smallest absolute Gasteiger partial charge is 0.00761 e. The molecule has 0 fully saturated rings. The minimum Gasteiger partial charge on any atom is -0.0654 e. The zero-order chi connectivity index (χ0) is 93.4. The van der Waals surface area contributed by atoms with E-state index in [9.17, 15) is 0 Å². The van der Waals surface area contributed by atoms with E-state index in [0.29, 0.717) is 0 Å². The monoisotopic (exact) mass is 1710 g/mol. The third-order valence-corrected chi connectivity index (χ3v) is 27.7. The summed E-state index contributed by atoms with van der Waals surface area (Å²) in [6, 6.07) is 113. The van der Waals surface area contributed by atoms with E-state index in [0.717, 1.165) is 5.92 Å². The van der Waals surface area contributed by atoms with Crippen LogP contribution in [0.2, 0.25) is 0 Å². The fraction of sp³-hybridized carbons (Fsp3) is 0.308. The lowest BCUT2D eigenvalue weighted by Crippen LogP contribution is -2.11. The molecule has 0 saturated heterocycles. The predicted octanol–water partition coefficient (Wildman–Crippen LogP) is 38.3. The highest BCUT2D eigenvalue weighted by Crippen LogP contribution is 2.46. The summed E-state index contributed by atoms with van der Waals surface area (Å²) in [7, 11) is 0. The lowest BCUT2D eigenvalue weighted by molar-refractivity contribution is 0.449. The number of unbranched alkanes of at least 4 members (excludes halogenated alkanes) is 1. The van der Waals surface area contributed by atoms with E-state index in [4.69, 9.17) is 0 Å². The summed E-state index contributed by atoms with van der Waals surface area (Å²) in [4.78, 5) is 0. The van der Waals surface area contributed by atoms with Crippen molar-refractivity contribution >= 4 is 64.6 Å². The fourth-order valence-electron chi connectivity index (χ4n) is 19.3. The lowest BCUT2D eigenvalue weighted by Gasteiger charge is -2.23. The second kappa shape index (κ2) is 38.0. The molecule has 130 heavy (non-hydrogen) atoms. The normalized spacial score (nSPS) is 12.4. The van der Waals surface area contributed by atoms with E-state index < -0.39 is 0 Å². The lowest BCUT2D eigenvalue weighted by atomic mass is 9.82. The Labute approximate surface area is 782 Å². The Morgan fingerprint density at radius 1 is 0.223 bits per heavy atom. The van der Waals surface area contributed by atoms with Gasteiger partial charge in [-0.05, 0) is 357 Å². The Bertz CT molecular complexity index is 6510. The molecule has 0 nitrogen and oxygen atoms in total. The number of fused-ring (bicyclic) bond motifs is 6. The van der Waals surface area contributed by atoms with E-state index in [1.54, 1.807) is 0 Å². The number of hydrogen-bond acceptors (Lipinski definition) is 0. The van der Waals surface area contributed by atoms with Gasteiger partial charge in [-0.25, -0.2) is 0 Å². The summed E-state index contributed by atoms with van der Waals surface area (Å²) in [5.74, 6) is 0.823. The van der Waals surface area contributed by atoms with Crippen LogP contribution in [0, 0.1) is 61.3 Å². The Kier molecular flexibility index (Phi) is 27.6. The van der Waals surface area contributed by atoms with Gasteiger partial charge in [0.1, 0.15) is 0 Å². The molecule has 0 spiro atoms. The van der Waals surface area contributed by atoms with Gasteiger partial charge in [0, 0.05) is 0 Å². The van der Waals surface area contributed by atoms with Crippen LogP contribution in [0.15, 0.2) is 297 Å². The van der Waals surface area contributed by atoms with E-state index in [1.165, 1.54) is 258 Å². The van der Waals surface area contributed by atoms with E-state index in [-0.39, 0.29) is 32.5 Å². The topological polar surface area (TPSA) is 0 Å². The first-order chi connectivity index (χ1) is 61.4. The average Bonchev–Trinajstić information content (AvgIpc) is 0.751. The van der Waals surface area contributed by atoms with E-state index >= 15 is 0 Å². The zero-order valence-corrected chi connectivity index (χ0v) is 83.9. The molecular weight excluding hydrogens is 1560 g/mol. The third-order valence-electron chi connectivity index (χ3n) is 27.7. The highest BCUT2D eigenvalue weighted by atomic mass is 14.3. The van der Waals surface area contributed by atoms with Crippen LogP contribution < -0.4 is 0 Å². The summed E-state index contributed by atoms with van der Waals surface area (Å²) in [5.41, 5.74) is 38.6. The molecule has 0 amide bonds. The van der Waals surface area contributed by atoms with Crippen molar-refractivity contribution in [1.29, 1.82) is 0 Å². The van der Waals surface area contributed by atoms with Gasteiger partial charge in [-0.15, -0.1) is 0 Å². The summed E-state index contributed by atoms with van der Waals surface area (Å²) in [5, 5.41) is 16.4. The third kappa shape index (κ3) is 21.2. The molecule has 17 rings (SSSR count). The summed E-state index contributed by atoms with van der Waals surface area (Å²) in [6.07, 6.45) is 6.53. The van der Waals surface area contributed by atoms with Gasteiger partial charge in [0.2, 0.25) is 0 Å². The molecule has 0 aliphatic rings. The molecule has 0 N–H and O–H groups in total. The van der Waals surface area contributed by atoms with Crippen molar-refractivity contribution in [3.63, 3.8) is 0 Å². The maximum Gasteiger partial charge on any atom is -0.00761 e. The first kappa shape index (κ1) is 94.4. The SMILES string of the molecule is CCCCC(CC)Cc1ccc2c(C)c3ccccc3c(C)c2c1.Cc1c2ccc(C(C)(C)C)cc2c(C)c2ccc(C(C)(C)C)cc12.Cc1cc(-c2cc(-c3ccc(C(C)(C)C)cc3)cc(-c3ccc(C(C)(C)C)cc3)c2)c2cc(C)cc(-c3cc(-c4ccc(C(C)(C)C)cc4)cc(-c4ccc(C(C)(C)C)cc4)c3)c2c1.Cc1ccc2c(-c3ccccc3)c(C)ccc2c1. The molecule has 1 atom stereocenters. The predicted molar refractivity (Wildman–Crippen MR) is 576 cm³/mol. The number of rotatable bonds is 13. The van der Waals surface area contributed by atoms with Crippen LogP contribution in [0.4, 0.5) is 0 Å². The number of hydrogen-bond donors (Lipinski definition) is 0. The molecule has 0 saturated carbocycles. The molecule has 0 aliphatic carbocycles. The van der Waals surface area contributed by atoms with Gasteiger partial charge in [0.25, 0.3) is 0 Å². The molecule has 0 radical (unpaired) electrons. The average molecular weight is 1710 g/mol. The minimum absolute atomic E-state index is 0.0877. The highest BCUT2D eigenvalue weighted by molar-refractivity contribution is 6.09. The van der Waals surface area contributed by atoms with Gasteiger partial charge in [0.05, 0.1) is 0 Å². The van der Waals surface area contributed by atoms with Gasteiger partial charge in [-0.1, -0.05) is 431 Å². The second-order valence-corrected chi connectivity index (χ2v) is 44.0. The fourth-order valence-corrected chi connectivity index (χ4v) is 19.3. The summed E-state index contributed by atoms with van der Waals surface area (Å²) in [6.45, 7) is 63.7. The standard InChI is InChI=1S/C64H68.2C24H30.C18H16/c1-41-31-57(51-37-47(43-15-23-53(24-16-43)61(3,4)5)35-48(38-51)44-17-25-54(26-18-44)62(6,7)8)60-34-42(2)32-58(59(60)33-41)52-39-49(45-19-27-55(28-20-45)63(9,10)11)36-50(40-52)46-21-29-56(30-22-46)64(12,13)14;1-15-19-11-9-18(24(6,7)8)14-22(19)16(2)20-12-10-17(13-21(15)20)23(3,4)5;1-5-7-10-19(6-2)15-20-13-14-23-17(3)21-11-8-9-12-22(21)18(4)24(23)16-20;1-13-8-11-17-16(12-13)10-9-14(2)18(17)15-6-4-3-5-7-15/h15-40H,1-14H3;9-14H,1-8H3;8-9,11-14,16,19H,5-7,10,15H2,1-4H3;3-12H,1-2H3. The van der Waals surface area contributed by atoms with Crippen LogP contribution in [-0.4, -0.2) is 0 Å². The molecular formula is C130H144. The van der Waals surface area contributed by atoms with Crippen LogP contribution in [0.3, 0.4) is 0 Å². The zero-order valence-electron chi connectivity index (χ0n) is 83.9. The Morgan fingerprint density at radius 2 is 0.546 bits per heavy atom. The molecule has 17 aromatic rings. The second-order valence-electron chi connectivity index (χ2n) is 44.0. The Morgan fingerprint density at radius 3 is 0.908 bits per heavy atom. The maximum absolute atomic E-state index is 2.46. The minimum atomic E-state index is 0.0877. The van der Waals surface area contributed by atoms with Crippen molar-refractivity contribution in [3.05, 3.63) is 381 Å². The molecule has 0 aliphatic heterocycles. The number of aryl methyl sites for hydroxylation is 8. The first-order valence-electron chi connectivity index (χ1n) is 48.2. The molecule has 17 aromatic carbocycles. The quantitative estimate of drug-likeness (QED) is 0.101. The molecule has 1 unspecified atom stereocenters. The van der Waals surface area contributed by atoms with Gasteiger partial charge in [0.15, 0.2) is 0 Å². The van der Waals surface area contributed by atoms with Crippen LogP contribution in [-0.2, 0) is 38.9 Å². The molecule has 0 heterocycles. The maximum atomic E-state index is 2.46. The molecule has 0 heteroatoms. The van der Waals surface area contributed by atoms with Crippen LogP contribution in [0.1, 0.15) is 248 Å². The molecule has 0 bridgehead atoms. The van der Waals surface area contributed by atoms with E-state index in [1.807, 2.05) is 0 Å². The van der Waals surface area contributed by atoms with Crippen LogP contribution in [0.25, 0.3) is 143 Å². The summed E-state index contributed by atoms with van der Waals surface area (Å²) >= 11 is 0. The highest BCUT2D eigenvalue weighted by Gasteiger charge is 2.25. The van der Waals surface area contributed by atoms with Gasteiger partial charge < -0.3 is 0 Å². The van der Waals surface area contributed by atoms with Crippen LogP contribution in [0.5, 0.6) is 0 Å². The van der Waals surface area contributed by atoms with Gasteiger partial charge in [-0.3, -0.25) is 0 Å². The molecule has 0 aromatic heterocycles. The van der Waals surface area contributed by atoms with Crippen LogP contribution >= 0.6 is 0 Å². The largest absolute Gasteiger partial charge is 0.0654 e. The van der Waals surface area contributed by atoms with Crippen molar-refractivity contribution in [2.45, 2.75) is 258 Å². The van der Waals surface area contributed by atoms with Crippen molar-refractivity contribution in [1.82, 2.24) is 0 Å². The summed E-state index contributed by atoms with van der Waals surface area (Å²) < 4.78 is 0. The first-order valence-corrected chi connectivity index (χ1v) is 48.2. The Balaban J connectivity index is 0.000000166. The Hall–Kier alpha value is -11.7. The van der Waals surface area contributed by atoms with Gasteiger partial charge >= 0.3 is 0 Å². The van der Waals surface area contributed by atoms with Crippen molar-refractivity contribution in [3.8, 4) is 77.9 Å². The van der Waals surface area contributed by atoms with Crippen molar-refractivity contribution in [2.24, 2.45) is 5.92 Å². The van der Waals surface area contributed by atoms with Gasteiger partial charge in [-0.2, -0.15) is 0 Å². The van der Waals surface area contributed by atoms with Crippen molar-refractivity contribution < 1.29 is 0 Å².